The number of hydrogen-bond donors (Lipinski definition) is 1. The lowest BCUT2D eigenvalue weighted by atomic mass is 9.96. The van der Waals surface area contributed by atoms with E-state index >= 15 is 0 Å². The van der Waals surface area contributed by atoms with E-state index in [0.29, 0.717) is 25.9 Å². The Morgan fingerprint density at radius 3 is 2.17 bits per heavy atom. The van der Waals surface area contributed by atoms with E-state index in [2.05, 4.69) is 6.92 Å². The first kappa shape index (κ1) is 9.03. The van der Waals surface area contributed by atoms with Crippen LogP contribution in [0, 0.1) is 12.8 Å². The molecular formula is C8H13N2O2. The third kappa shape index (κ3) is 1.96. The van der Waals surface area contributed by atoms with E-state index in [9.17, 15) is 9.59 Å². The van der Waals surface area contributed by atoms with E-state index in [1.165, 1.54) is 0 Å². The van der Waals surface area contributed by atoms with Crippen molar-refractivity contribution in [2.75, 3.05) is 13.1 Å². The van der Waals surface area contributed by atoms with E-state index in [0.717, 1.165) is 0 Å². The van der Waals surface area contributed by atoms with Crippen LogP contribution in [0.5, 0.6) is 0 Å². The Bertz CT molecular complexity index is 173. The zero-order valence-corrected chi connectivity index (χ0v) is 6.95. The second-order valence-electron chi connectivity index (χ2n) is 3.06. The van der Waals surface area contributed by atoms with Gasteiger partial charge in [-0.05, 0) is 12.8 Å². The molecule has 1 fully saturated rings. The quantitative estimate of drug-likeness (QED) is 0.577. The fourth-order valence-electron chi connectivity index (χ4n) is 1.41. The Hall–Kier alpha value is -1.06. The Kier molecular flexibility index (Phi) is 2.68. The number of carbonyl (C=O) groups is 2. The second-order valence-corrected chi connectivity index (χ2v) is 3.06. The molecule has 1 heterocycles. The summed E-state index contributed by atoms with van der Waals surface area (Å²) >= 11 is 0. The molecule has 1 aliphatic heterocycles. The molecule has 67 valence electrons. The number of nitrogens with two attached hydrogens (primary N) is 1. The van der Waals surface area contributed by atoms with Gasteiger partial charge in [0.15, 0.2) is 0 Å². The molecule has 2 N–H and O–H groups in total. The maximum absolute atomic E-state index is 10.8. The van der Waals surface area contributed by atoms with Crippen molar-refractivity contribution >= 4 is 11.8 Å². The van der Waals surface area contributed by atoms with Crippen LogP contribution in [0.4, 0.5) is 0 Å². The van der Waals surface area contributed by atoms with Crippen molar-refractivity contribution in [3.8, 4) is 0 Å². The first-order chi connectivity index (χ1) is 5.61. The smallest absolute Gasteiger partial charge is 0.223 e. The van der Waals surface area contributed by atoms with Crippen LogP contribution in [0.15, 0.2) is 0 Å². The van der Waals surface area contributed by atoms with Gasteiger partial charge in [-0.15, -0.1) is 0 Å². The lowest BCUT2D eigenvalue weighted by Gasteiger charge is -2.29. The number of carbonyl (C=O) groups excluding carboxylic acids is 2. The third-order valence-corrected chi connectivity index (χ3v) is 2.25. The van der Waals surface area contributed by atoms with Crippen molar-refractivity contribution in [3.05, 3.63) is 6.92 Å². The van der Waals surface area contributed by atoms with Gasteiger partial charge in [-0.1, -0.05) is 0 Å². The van der Waals surface area contributed by atoms with E-state index < -0.39 is 0 Å². The number of hydrogen-bond acceptors (Lipinski definition) is 2. The summed E-state index contributed by atoms with van der Waals surface area (Å²) in [6.45, 7) is 4.52. The highest BCUT2D eigenvalue weighted by molar-refractivity contribution is 5.81. The largest absolute Gasteiger partial charge is 0.369 e. The van der Waals surface area contributed by atoms with Crippen LogP contribution in [-0.4, -0.2) is 29.8 Å². The Morgan fingerprint density at radius 2 is 1.83 bits per heavy atom. The molecule has 0 aliphatic carbocycles. The molecule has 1 aliphatic rings. The monoisotopic (exact) mass is 169 g/mol. The molecular weight excluding hydrogens is 156 g/mol. The van der Waals surface area contributed by atoms with Crippen molar-refractivity contribution in [3.63, 3.8) is 0 Å². The molecule has 4 nitrogen and oxygen atoms in total. The number of primary amides is 1. The minimum atomic E-state index is -0.258. The first-order valence-corrected chi connectivity index (χ1v) is 4.01. The summed E-state index contributed by atoms with van der Waals surface area (Å²) in [6, 6.07) is 0. The minimum absolute atomic E-state index is 0.0550. The Labute approximate surface area is 71.7 Å². The number of rotatable bonds is 1. The fourth-order valence-corrected chi connectivity index (χ4v) is 1.41. The van der Waals surface area contributed by atoms with Crippen molar-refractivity contribution in [1.82, 2.24) is 4.90 Å². The zero-order valence-electron chi connectivity index (χ0n) is 6.95. The predicted molar refractivity (Wildman–Crippen MR) is 43.9 cm³/mol. The molecule has 0 aromatic rings. The Balaban J connectivity index is 2.39. The third-order valence-electron chi connectivity index (χ3n) is 2.25. The number of nitrogens with zero attached hydrogens (tertiary/aromatic N) is 1. The molecule has 1 rings (SSSR count). The lowest BCUT2D eigenvalue weighted by Crippen LogP contribution is -2.40. The summed E-state index contributed by atoms with van der Waals surface area (Å²) in [7, 11) is 0. The molecule has 12 heavy (non-hydrogen) atoms. The summed E-state index contributed by atoms with van der Waals surface area (Å²) in [5, 5.41) is 0. The average Bonchev–Trinajstić information content (AvgIpc) is 2.04. The SMILES string of the molecule is [CH2]C(=O)N1CCC(C(N)=O)CC1. The molecule has 0 spiro atoms. The zero-order chi connectivity index (χ0) is 9.14. The van der Waals surface area contributed by atoms with Crippen LogP contribution in [-0.2, 0) is 9.59 Å². The van der Waals surface area contributed by atoms with Gasteiger partial charge < -0.3 is 10.6 Å². The van der Waals surface area contributed by atoms with E-state index in [4.69, 9.17) is 5.73 Å². The highest BCUT2D eigenvalue weighted by Crippen LogP contribution is 2.16. The molecule has 0 bridgehead atoms. The summed E-state index contributed by atoms with van der Waals surface area (Å²) in [5.74, 6) is -0.482. The maximum Gasteiger partial charge on any atom is 0.223 e. The van der Waals surface area contributed by atoms with Gasteiger partial charge in [-0.2, -0.15) is 0 Å². The Morgan fingerprint density at radius 1 is 1.33 bits per heavy atom. The van der Waals surface area contributed by atoms with Crippen molar-refractivity contribution in [2.24, 2.45) is 11.7 Å². The topological polar surface area (TPSA) is 63.4 Å². The molecule has 0 atom stereocenters. The normalized spacial score (nSPS) is 19.2. The van der Waals surface area contributed by atoms with E-state index in [1.54, 1.807) is 4.90 Å². The van der Waals surface area contributed by atoms with Crippen molar-refractivity contribution in [1.29, 1.82) is 0 Å². The van der Waals surface area contributed by atoms with Crippen LogP contribution < -0.4 is 5.73 Å². The van der Waals surface area contributed by atoms with Gasteiger partial charge in [0.05, 0.1) is 0 Å². The summed E-state index contributed by atoms with van der Waals surface area (Å²) in [4.78, 5) is 23.1. The van der Waals surface area contributed by atoms with Gasteiger partial charge in [-0.3, -0.25) is 9.59 Å². The van der Waals surface area contributed by atoms with Crippen LogP contribution in [0.2, 0.25) is 0 Å². The molecule has 1 saturated heterocycles. The van der Waals surface area contributed by atoms with Gasteiger partial charge in [-0.25, -0.2) is 0 Å². The molecule has 0 saturated carbocycles. The molecule has 0 aromatic heterocycles. The van der Waals surface area contributed by atoms with E-state index in [-0.39, 0.29) is 17.7 Å². The second kappa shape index (κ2) is 3.56. The highest BCUT2D eigenvalue weighted by Gasteiger charge is 2.23. The maximum atomic E-state index is 10.8. The van der Waals surface area contributed by atoms with E-state index in [1.807, 2.05) is 0 Å². The summed E-state index contributed by atoms with van der Waals surface area (Å²) in [6.07, 6.45) is 1.35. The van der Waals surface area contributed by atoms with Gasteiger partial charge in [0.2, 0.25) is 11.8 Å². The summed E-state index contributed by atoms with van der Waals surface area (Å²) < 4.78 is 0. The van der Waals surface area contributed by atoms with Gasteiger partial charge in [0, 0.05) is 25.9 Å². The van der Waals surface area contributed by atoms with Crippen LogP contribution >= 0.6 is 0 Å². The fraction of sp³-hybridized carbons (Fsp3) is 0.625. The van der Waals surface area contributed by atoms with Gasteiger partial charge in [0.25, 0.3) is 0 Å². The van der Waals surface area contributed by atoms with Gasteiger partial charge in [0.1, 0.15) is 0 Å². The molecule has 1 radical (unpaired) electrons. The first-order valence-electron chi connectivity index (χ1n) is 4.01. The molecule has 2 amide bonds. The predicted octanol–water partition coefficient (Wildman–Crippen LogP) is -0.456. The molecule has 0 aromatic carbocycles. The number of amides is 2. The van der Waals surface area contributed by atoms with Gasteiger partial charge >= 0.3 is 0 Å². The summed E-state index contributed by atoms with van der Waals surface area (Å²) in [5.41, 5.74) is 5.13. The highest BCUT2D eigenvalue weighted by atomic mass is 16.2. The van der Waals surface area contributed by atoms with Crippen LogP contribution in [0.25, 0.3) is 0 Å². The standard InChI is InChI=1S/C8H13N2O2/c1-6(11)10-4-2-7(3-5-10)8(9)12/h7H,1-5H2,(H2,9,12). The molecule has 0 unspecified atom stereocenters. The van der Waals surface area contributed by atoms with Crippen LogP contribution in [0.1, 0.15) is 12.8 Å². The average molecular weight is 169 g/mol. The number of piperidine rings is 1. The van der Waals surface area contributed by atoms with Crippen molar-refractivity contribution < 1.29 is 9.59 Å². The lowest BCUT2D eigenvalue weighted by molar-refractivity contribution is -0.131. The number of likely N-dealkylation sites (tertiary alicyclic amines) is 1. The minimum Gasteiger partial charge on any atom is -0.369 e. The van der Waals surface area contributed by atoms with Crippen molar-refractivity contribution in [2.45, 2.75) is 12.8 Å². The van der Waals surface area contributed by atoms with Crippen LogP contribution in [0.3, 0.4) is 0 Å². The molecule has 4 heteroatoms.